The largest absolute Gasteiger partial charge is 0.352 e. The third-order valence-corrected chi connectivity index (χ3v) is 7.77. The zero-order valence-electron chi connectivity index (χ0n) is 18.4. The minimum atomic E-state index is -3.96. The third kappa shape index (κ3) is 5.99. The number of halogens is 2. The van der Waals surface area contributed by atoms with Crippen LogP contribution in [0.5, 0.6) is 0 Å². The van der Waals surface area contributed by atoms with Crippen molar-refractivity contribution in [3.63, 3.8) is 0 Å². The highest BCUT2D eigenvalue weighted by atomic mass is 35.5. The molecule has 9 heteroatoms. The van der Waals surface area contributed by atoms with Crippen molar-refractivity contribution in [2.45, 2.75) is 31.1 Å². The van der Waals surface area contributed by atoms with Crippen LogP contribution in [0, 0.1) is 11.7 Å². The molecule has 3 rings (SSSR count). The molecule has 1 amide bonds. The Kier molecular flexibility index (Phi) is 8.14. The number of carbonyl (C=O) groups is 1. The lowest BCUT2D eigenvalue weighted by Gasteiger charge is -2.29. The van der Waals surface area contributed by atoms with Crippen molar-refractivity contribution in [3.8, 4) is 0 Å². The summed E-state index contributed by atoms with van der Waals surface area (Å²) >= 11 is 6.21. The van der Waals surface area contributed by atoms with Gasteiger partial charge in [-0.05, 0) is 74.3 Å². The molecule has 6 nitrogen and oxygen atoms in total. The van der Waals surface area contributed by atoms with E-state index in [4.69, 9.17) is 11.6 Å². The van der Waals surface area contributed by atoms with E-state index in [0.29, 0.717) is 12.2 Å². The Balaban J connectivity index is 1.70. The summed E-state index contributed by atoms with van der Waals surface area (Å²) in [5, 5.41) is 3.05. The van der Waals surface area contributed by atoms with E-state index in [1.54, 1.807) is 0 Å². The fourth-order valence-corrected chi connectivity index (χ4v) is 5.22. The van der Waals surface area contributed by atoms with Gasteiger partial charge in [-0.15, -0.1) is 0 Å². The van der Waals surface area contributed by atoms with Crippen LogP contribution < -0.4 is 9.62 Å². The average Bonchev–Trinajstić information content (AvgIpc) is 2.78. The van der Waals surface area contributed by atoms with E-state index in [1.165, 1.54) is 68.8 Å². The Bertz CT molecular complexity index is 1040. The number of hydrogen-bond donors (Lipinski definition) is 1. The molecule has 174 valence electrons. The first-order valence-corrected chi connectivity index (χ1v) is 12.5. The molecule has 1 unspecified atom stereocenters. The lowest BCUT2D eigenvalue weighted by atomic mass is 10.1. The molecule has 0 radical (unpaired) electrons. The molecular weight excluding hydrogens is 453 g/mol. The molecule has 1 aliphatic heterocycles. The van der Waals surface area contributed by atoms with Crippen LogP contribution >= 0.6 is 11.6 Å². The number of sulfonamides is 1. The van der Waals surface area contributed by atoms with Crippen LogP contribution in [0.4, 0.5) is 10.1 Å². The van der Waals surface area contributed by atoms with Gasteiger partial charge in [0.1, 0.15) is 5.82 Å². The highest BCUT2D eigenvalue weighted by Crippen LogP contribution is 2.26. The molecule has 1 N–H and O–H groups in total. The Morgan fingerprint density at radius 1 is 1.16 bits per heavy atom. The fraction of sp³-hybridized carbons (Fsp3) is 0.435. The summed E-state index contributed by atoms with van der Waals surface area (Å²) in [4.78, 5) is 15.1. The van der Waals surface area contributed by atoms with Gasteiger partial charge in [0.25, 0.3) is 15.9 Å². The van der Waals surface area contributed by atoms with Crippen LogP contribution in [-0.2, 0) is 10.0 Å². The molecule has 2 aromatic carbocycles. The Hall–Kier alpha value is -2.16. The molecule has 1 atom stereocenters. The van der Waals surface area contributed by atoms with Gasteiger partial charge in [-0.3, -0.25) is 9.10 Å². The zero-order valence-corrected chi connectivity index (χ0v) is 19.9. The van der Waals surface area contributed by atoms with Gasteiger partial charge in [0, 0.05) is 20.1 Å². The monoisotopic (exact) mass is 481 g/mol. The minimum absolute atomic E-state index is 0.0692. The number of likely N-dealkylation sites (tertiary alicyclic amines) is 1. The summed E-state index contributed by atoms with van der Waals surface area (Å²) in [5.41, 5.74) is 0.407. The van der Waals surface area contributed by atoms with Gasteiger partial charge in [0.15, 0.2) is 0 Å². The first kappa shape index (κ1) is 24.5. The van der Waals surface area contributed by atoms with Crippen LogP contribution in [0.2, 0.25) is 5.02 Å². The smallest absolute Gasteiger partial charge is 0.264 e. The van der Waals surface area contributed by atoms with Crippen molar-refractivity contribution in [1.29, 1.82) is 0 Å². The summed E-state index contributed by atoms with van der Waals surface area (Å²) in [5.74, 6) is -0.617. The minimum Gasteiger partial charge on any atom is -0.352 e. The molecular formula is C23H29ClFN3O3S. The van der Waals surface area contributed by atoms with Gasteiger partial charge in [-0.2, -0.15) is 0 Å². The van der Waals surface area contributed by atoms with Gasteiger partial charge >= 0.3 is 0 Å². The summed E-state index contributed by atoms with van der Waals surface area (Å²) < 4.78 is 40.3. The highest BCUT2D eigenvalue weighted by molar-refractivity contribution is 7.92. The summed E-state index contributed by atoms with van der Waals surface area (Å²) in [6.07, 6.45) is 3.69. The van der Waals surface area contributed by atoms with Crippen molar-refractivity contribution in [1.82, 2.24) is 10.2 Å². The first-order valence-electron chi connectivity index (χ1n) is 10.7. The van der Waals surface area contributed by atoms with Gasteiger partial charge in [0.05, 0.1) is 21.2 Å². The standard InChI is InChI=1S/C23H29ClFN3O3S/c1-17(16-28-12-4-3-5-13-28)15-26-23(29)21-14-20(10-11-22(21)24)32(30,31)27(2)19-8-6-18(25)7-9-19/h6-11,14,17H,3-5,12-13,15-16H2,1-2H3,(H,26,29). The van der Waals surface area contributed by atoms with Crippen LogP contribution in [0.25, 0.3) is 0 Å². The fourth-order valence-electron chi connectivity index (χ4n) is 3.80. The van der Waals surface area contributed by atoms with Crippen LogP contribution in [0.3, 0.4) is 0 Å². The highest BCUT2D eigenvalue weighted by Gasteiger charge is 2.24. The van der Waals surface area contributed by atoms with Crippen LogP contribution in [0.1, 0.15) is 36.5 Å². The second-order valence-corrected chi connectivity index (χ2v) is 10.6. The summed E-state index contributed by atoms with van der Waals surface area (Å²) in [6.45, 7) is 5.63. The Labute approximate surface area is 194 Å². The lowest BCUT2D eigenvalue weighted by molar-refractivity contribution is 0.0942. The quantitative estimate of drug-likeness (QED) is 0.614. The molecule has 0 aliphatic carbocycles. The number of amides is 1. The molecule has 1 saturated heterocycles. The van der Waals surface area contributed by atoms with Crippen molar-refractivity contribution >= 4 is 33.2 Å². The van der Waals surface area contributed by atoms with Gasteiger partial charge in [-0.25, -0.2) is 12.8 Å². The first-order chi connectivity index (χ1) is 15.2. The normalized spacial score (nSPS) is 15.9. The summed E-state index contributed by atoms with van der Waals surface area (Å²) in [7, 11) is -2.59. The predicted octanol–water partition coefficient (Wildman–Crippen LogP) is 4.16. The number of carbonyl (C=O) groups excluding carboxylic acids is 1. The molecule has 1 fully saturated rings. The van der Waals surface area contributed by atoms with Gasteiger partial charge < -0.3 is 10.2 Å². The topological polar surface area (TPSA) is 69.7 Å². The van der Waals surface area contributed by atoms with E-state index < -0.39 is 21.7 Å². The van der Waals surface area contributed by atoms with E-state index in [0.717, 1.165) is 23.9 Å². The van der Waals surface area contributed by atoms with Crippen molar-refractivity contribution in [3.05, 3.63) is 58.9 Å². The molecule has 0 bridgehead atoms. The molecule has 1 aliphatic rings. The molecule has 2 aromatic rings. The number of piperidine rings is 1. The van der Waals surface area contributed by atoms with Crippen LogP contribution in [0.15, 0.2) is 47.4 Å². The molecule has 0 spiro atoms. The number of hydrogen-bond acceptors (Lipinski definition) is 4. The van der Waals surface area contributed by atoms with E-state index in [1.807, 2.05) is 0 Å². The van der Waals surface area contributed by atoms with Crippen LogP contribution in [-0.4, -0.2) is 52.5 Å². The predicted molar refractivity (Wildman–Crippen MR) is 125 cm³/mol. The Morgan fingerprint density at radius 3 is 2.47 bits per heavy atom. The molecule has 0 aromatic heterocycles. The van der Waals surface area contributed by atoms with Crippen molar-refractivity contribution in [2.24, 2.45) is 5.92 Å². The second-order valence-electron chi connectivity index (χ2n) is 8.27. The second kappa shape index (κ2) is 10.6. The maximum Gasteiger partial charge on any atom is 0.264 e. The maximum absolute atomic E-state index is 13.2. The number of benzene rings is 2. The van der Waals surface area contributed by atoms with E-state index in [9.17, 15) is 17.6 Å². The summed E-state index contributed by atoms with van der Waals surface area (Å²) in [6, 6.07) is 9.16. The van der Waals surface area contributed by atoms with Gasteiger partial charge in [0.2, 0.25) is 0 Å². The number of anilines is 1. The van der Waals surface area contributed by atoms with Crippen molar-refractivity contribution in [2.75, 3.05) is 37.5 Å². The Morgan fingerprint density at radius 2 is 1.81 bits per heavy atom. The number of nitrogens with one attached hydrogen (secondary N) is 1. The average molecular weight is 482 g/mol. The number of nitrogens with zero attached hydrogens (tertiary/aromatic N) is 2. The van der Waals surface area contributed by atoms with E-state index in [-0.39, 0.29) is 21.4 Å². The lowest BCUT2D eigenvalue weighted by Crippen LogP contribution is -2.38. The SMILES string of the molecule is CC(CNC(=O)c1cc(S(=O)(=O)N(C)c2ccc(F)cc2)ccc1Cl)CN1CCCCC1. The molecule has 0 saturated carbocycles. The number of rotatable bonds is 8. The molecule has 1 heterocycles. The van der Waals surface area contributed by atoms with E-state index >= 15 is 0 Å². The zero-order chi connectivity index (χ0) is 23.3. The van der Waals surface area contributed by atoms with Gasteiger partial charge in [-0.1, -0.05) is 24.9 Å². The van der Waals surface area contributed by atoms with E-state index in [2.05, 4.69) is 17.1 Å². The third-order valence-electron chi connectivity index (χ3n) is 5.66. The molecule has 32 heavy (non-hydrogen) atoms. The maximum atomic E-state index is 13.2. The van der Waals surface area contributed by atoms with Crippen molar-refractivity contribution < 1.29 is 17.6 Å².